The molecule has 7 nitrogen and oxygen atoms in total. The van der Waals surface area contributed by atoms with Crippen LogP contribution in [0.3, 0.4) is 0 Å². The third-order valence-electron chi connectivity index (χ3n) is 3.88. The number of aliphatic hydroxyl groups is 1. The monoisotopic (exact) mass is 333 g/mol. The second-order valence-corrected chi connectivity index (χ2v) is 5.28. The number of H-pyrrole nitrogens is 1. The Hall–Kier alpha value is -2.87. The highest BCUT2D eigenvalue weighted by atomic mass is 19.1. The molecule has 1 aliphatic heterocycles. The van der Waals surface area contributed by atoms with E-state index in [-0.39, 0.29) is 31.0 Å². The number of aliphatic hydroxyl groups excluding tert-OH is 1. The van der Waals surface area contributed by atoms with Gasteiger partial charge in [-0.3, -0.25) is 4.79 Å². The molecule has 0 unspecified atom stereocenters. The molecule has 0 atom stereocenters. The van der Waals surface area contributed by atoms with Gasteiger partial charge in [-0.05, 0) is 18.2 Å². The Bertz CT molecular complexity index is 843. The van der Waals surface area contributed by atoms with Crippen LogP contribution in [-0.2, 0) is 14.3 Å². The minimum absolute atomic E-state index is 0.0451. The van der Waals surface area contributed by atoms with Crippen LogP contribution >= 0.6 is 0 Å². The number of rotatable bonds is 5. The average molecular weight is 333 g/mol. The van der Waals surface area contributed by atoms with Crippen molar-refractivity contribution in [2.24, 2.45) is 0 Å². The Morgan fingerprint density at radius 2 is 2.25 bits per heavy atom. The first-order valence-electron chi connectivity index (χ1n) is 7.31. The van der Waals surface area contributed by atoms with Gasteiger partial charge in [0.05, 0.1) is 37.0 Å². The van der Waals surface area contributed by atoms with Gasteiger partial charge in [0, 0.05) is 18.1 Å². The lowest BCUT2D eigenvalue weighted by molar-refractivity contribution is -0.136. The third kappa shape index (κ3) is 2.61. The molecule has 0 aliphatic carbocycles. The molecule has 3 N–H and O–H groups in total. The van der Waals surface area contributed by atoms with Crippen LogP contribution in [0.5, 0.6) is 0 Å². The molecule has 3 rings (SSSR count). The van der Waals surface area contributed by atoms with Gasteiger partial charge in [0.1, 0.15) is 11.5 Å². The molecule has 1 amide bonds. The van der Waals surface area contributed by atoms with E-state index in [1.807, 2.05) is 0 Å². The van der Waals surface area contributed by atoms with E-state index in [2.05, 4.69) is 10.3 Å². The van der Waals surface area contributed by atoms with Gasteiger partial charge in [0.15, 0.2) is 0 Å². The van der Waals surface area contributed by atoms with Crippen molar-refractivity contribution in [2.75, 3.05) is 32.1 Å². The number of halogens is 1. The van der Waals surface area contributed by atoms with Gasteiger partial charge < -0.3 is 25.0 Å². The van der Waals surface area contributed by atoms with Crippen LogP contribution in [-0.4, -0.2) is 53.7 Å². The van der Waals surface area contributed by atoms with Crippen molar-refractivity contribution in [2.45, 2.75) is 0 Å². The highest BCUT2D eigenvalue weighted by Gasteiger charge is 2.34. The zero-order chi connectivity index (χ0) is 17.3. The van der Waals surface area contributed by atoms with Crippen LogP contribution in [0.1, 0.15) is 0 Å². The van der Waals surface area contributed by atoms with Crippen LogP contribution in [0, 0.1) is 5.82 Å². The fourth-order valence-corrected chi connectivity index (χ4v) is 2.71. The summed E-state index contributed by atoms with van der Waals surface area (Å²) in [6.07, 6.45) is 1.59. The zero-order valence-electron chi connectivity index (χ0n) is 12.9. The Morgan fingerprint density at radius 1 is 1.46 bits per heavy atom. The molecule has 0 spiro atoms. The molecule has 0 radical (unpaired) electrons. The second kappa shape index (κ2) is 6.32. The van der Waals surface area contributed by atoms with Crippen molar-refractivity contribution in [3.8, 4) is 0 Å². The number of nitrogens with zero attached hydrogens (tertiary/aromatic N) is 1. The van der Waals surface area contributed by atoms with Crippen LogP contribution in [0.25, 0.3) is 10.9 Å². The molecule has 2 aromatic rings. The number of fused-ring (bicyclic) bond motifs is 1. The smallest absolute Gasteiger partial charge is 0.337 e. The highest BCUT2D eigenvalue weighted by molar-refractivity contribution is 6.09. The summed E-state index contributed by atoms with van der Waals surface area (Å²) in [7, 11) is 1.23. The molecule has 2 heterocycles. The van der Waals surface area contributed by atoms with E-state index in [1.54, 1.807) is 12.3 Å². The number of nitrogens with one attached hydrogen (secondary N) is 2. The lowest BCUT2D eigenvalue weighted by atomic mass is 10.2. The Labute approximate surface area is 136 Å². The van der Waals surface area contributed by atoms with E-state index in [9.17, 15) is 14.0 Å². The summed E-state index contributed by atoms with van der Waals surface area (Å²) in [6, 6.07) is 4.35. The standard InChI is InChI=1S/C16H16FN3O4/c1-24-16(23)10-8-20(6-7-21)15(22)14(10)19-12-3-2-11(17)9-4-5-18-13(9)12/h2-5,18-19,21H,6-8H2,1H3. The van der Waals surface area contributed by atoms with Gasteiger partial charge in [0.2, 0.25) is 0 Å². The topological polar surface area (TPSA) is 94.7 Å². The molecule has 1 aromatic heterocycles. The van der Waals surface area contributed by atoms with Crippen molar-refractivity contribution < 1.29 is 23.8 Å². The number of ether oxygens (including phenoxy) is 1. The molecule has 0 bridgehead atoms. The molecular formula is C16H16FN3O4. The quantitative estimate of drug-likeness (QED) is 0.709. The molecular weight excluding hydrogens is 317 g/mol. The number of aromatic amines is 1. The Kier molecular flexibility index (Phi) is 4.22. The number of β-amino-alcohol motifs (C(OH)–C–C–N with tert-alkyl or cyclic N) is 1. The Balaban J connectivity index is 2.01. The van der Waals surface area contributed by atoms with E-state index in [0.717, 1.165) is 0 Å². The summed E-state index contributed by atoms with van der Waals surface area (Å²) in [5.74, 6) is -1.44. The normalized spacial score (nSPS) is 14.6. The van der Waals surface area contributed by atoms with Crippen molar-refractivity contribution in [1.29, 1.82) is 0 Å². The van der Waals surface area contributed by atoms with Crippen molar-refractivity contribution >= 4 is 28.5 Å². The van der Waals surface area contributed by atoms with Gasteiger partial charge in [-0.15, -0.1) is 0 Å². The third-order valence-corrected chi connectivity index (χ3v) is 3.88. The van der Waals surface area contributed by atoms with Gasteiger partial charge in [-0.1, -0.05) is 0 Å². The molecule has 0 saturated carbocycles. The summed E-state index contributed by atoms with van der Waals surface area (Å²) in [6.45, 7) is -0.0692. The molecule has 24 heavy (non-hydrogen) atoms. The summed E-state index contributed by atoms with van der Waals surface area (Å²) in [5.41, 5.74) is 1.19. The first-order valence-corrected chi connectivity index (χ1v) is 7.31. The molecule has 8 heteroatoms. The number of esters is 1. The fourth-order valence-electron chi connectivity index (χ4n) is 2.71. The van der Waals surface area contributed by atoms with E-state index in [1.165, 1.54) is 24.1 Å². The summed E-state index contributed by atoms with van der Waals surface area (Å²) in [4.78, 5) is 28.7. The van der Waals surface area contributed by atoms with E-state index >= 15 is 0 Å². The number of aromatic nitrogens is 1. The number of methoxy groups -OCH3 is 1. The van der Waals surface area contributed by atoms with Gasteiger partial charge >= 0.3 is 5.97 Å². The summed E-state index contributed by atoms with van der Waals surface area (Å²) >= 11 is 0. The van der Waals surface area contributed by atoms with Gasteiger partial charge in [-0.25, -0.2) is 9.18 Å². The maximum absolute atomic E-state index is 13.8. The Morgan fingerprint density at radius 3 is 2.96 bits per heavy atom. The maximum atomic E-state index is 13.8. The lowest BCUT2D eigenvalue weighted by Gasteiger charge is -2.15. The van der Waals surface area contributed by atoms with Gasteiger partial charge in [0.25, 0.3) is 5.91 Å². The molecule has 1 aliphatic rings. The van der Waals surface area contributed by atoms with E-state index < -0.39 is 17.7 Å². The number of hydrogen-bond acceptors (Lipinski definition) is 5. The second-order valence-electron chi connectivity index (χ2n) is 5.28. The van der Waals surface area contributed by atoms with E-state index in [0.29, 0.717) is 16.6 Å². The van der Waals surface area contributed by atoms with E-state index in [4.69, 9.17) is 9.84 Å². The molecule has 126 valence electrons. The molecule has 0 fully saturated rings. The first kappa shape index (κ1) is 16.0. The van der Waals surface area contributed by atoms with Crippen molar-refractivity contribution in [3.63, 3.8) is 0 Å². The number of amides is 1. The van der Waals surface area contributed by atoms with Crippen LogP contribution in [0.4, 0.5) is 10.1 Å². The number of anilines is 1. The summed E-state index contributed by atoms with van der Waals surface area (Å²) < 4.78 is 18.5. The highest BCUT2D eigenvalue weighted by Crippen LogP contribution is 2.28. The minimum atomic E-state index is -0.629. The fraction of sp³-hybridized carbons (Fsp3) is 0.250. The SMILES string of the molecule is COC(=O)C1=C(Nc2ccc(F)c3cc[nH]c23)C(=O)N(CCO)C1. The predicted molar refractivity (Wildman–Crippen MR) is 84.6 cm³/mol. The molecule has 0 saturated heterocycles. The van der Waals surface area contributed by atoms with Crippen LogP contribution in [0.2, 0.25) is 0 Å². The minimum Gasteiger partial charge on any atom is -0.466 e. The zero-order valence-corrected chi connectivity index (χ0v) is 12.9. The molecule has 1 aromatic carbocycles. The summed E-state index contributed by atoms with van der Waals surface area (Å²) in [5, 5.41) is 12.3. The number of benzene rings is 1. The number of carbonyl (C=O) groups excluding carboxylic acids is 2. The van der Waals surface area contributed by atoms with Crippen molar-refractivity contribution in [1.82, 2.24) is 9.88 Å². The number of hydrogen-bond donors (Lipinski definition) is 3. The van der Waals surface area contributed by atoms with Gasteiger partial charge in [-0.2, -0.15) is 0 Å². The van der Waals surface area contributed by atoms with Crippen molar-refractivity contribution in [3.05, 3.63) is 41.5 Å². The average Bonchev–Trinajstić information content (AvgIpc) is 3.18. The maximum Gasteiger partial charge on any atom is 0.337 e. The number of carbonyl (C=O) groups is 2. The predicted octanol–water partition coefficient (Wildman–Crippen LogP) is 0.980. The first-order chi connectivity index (χ1) is 11.6. The van der Waals surface area contributed by atoms with Crippen LogP contribution < -0.4 is 5.32 Å². The lowest BCUT2D eigenvalue weighted by Crippen LogP contribution is -2.31. The van der Waals surface area contributed by atoms with Crippen LogP contribution in [0.15, 0.2) is 35.7 Å². The largest absolute Gasteiger partial charge is 0.466 e.